The van der Waals surface area contributed by atoms with E-state index in [-0.39, 0.29) is 18.0 Å². The number of rotatable bonds is 4. The van der Waals surface area contributed by atoms with Crippen LogP contribution >= 0.6 is 0 Å². The fraction of sp³-hybridized carbons (Fsp3) is 0.400. The van der Waals surface area contributed by atoms with Crippen molar-refractivity contribution in [2.75, 3.05) is 18.6 Å². The fourth-order valence-electron chi connectivity index (χ4n) is 2.59. The molecule has 2 rings (SSSR count). The second kappa shape index (κ2) is 6.05. The van der Waals surface area contributed by atoms with Gasteiger partial charge in [0.15, 0.2) is 0 Å². The molecule has 0 bridgehead atoms. The lowest BCUT2D eigenvalue weighted by Crippen LogP contribution is -2.37. The smallest absolute Gasteiger partial charge is 0.328 e. The number of nitrogens with zero attached hydrogens (tertiary/aromatic N) is 1. The summed E-state index contributed by atoms with van der Waals surface area (Å²) >= 11 is 0. The van der Waals surface area contributed by atoms with E-state index in [9.17, 15) is 9.18 Å². The highest BCUT2D eigenvalue weighted by molar-refractivity contribution is 5.87. The van der Waals surface area contributed by atoms with Crippen molar-refractivity contribution in [1.29, 1.82) is 0 Å². The Hall–Kier alpha value is -1.88. The van der Waals surface area contributed by atoms with Crippen LogP contribution in [0.25, 0.3) is 6.08 Å². The van der Waals surface area contributed by atoms with Gasteiger partial charge in [-0.15, -0.1) is 0 Å². The molecule has 0 aliphatic carbocycles. The number of carboxylic acids is 1. The summed E-state index contributed by atoms with van der Waals surface area (Å²) in [7, 11) is 1.81. The van der Waals surface area contributed by atoms with Gasteiger partial charge in [0.2, 0.25) is 0 Å². The zero-order valence-corrected chi connectivity index (χ0v) is 11.5. The molecule has 0 spiro atoms. The summed E-state index contributed by atoms with van der Waals surface area (Å²) in [6.45, 7) is 2.62. The molecular formula is C15H18FNO3. The van der Waals surface area contributed by atoms with Crippen molar-refractivity contribution in [3.63, 3.8) is 0 Å². The van der Waals surface area contributed by atoms with Gasteiger partial charge in [-0.3, -0.25) is 0 Å². The second-order valence-corrected chi connectivity index (χ2v) is 4.89. The van der Waals surface area contributed by atoms with Crippen molar-refractivity contribution < 1.29 is 19.0 Å². The van der Waals surface area contributed by atoms with Crippen LogP contribution in [0.2, 0.25) is 0 Å². The number of hydrogen-bond acceptors (Lipinski definition) is 3. The van der Waals surface area contributed by atoms with Crippen LogP contribution in [0, 0.1) is 5.82 Å². The summed E-state index contributed by atoms with van der Waals surface area (Å²) < 4.78 is 19.7. The number of anilines is 1. The fourth-order valence-corrected chi connectivity index (χ4v) is 2.59. The molecule has 1 saturated heterocycles. The summed E-state index contributed by atoms with van der Waals surface area (Å²) in [5.74, 6) is -1.42. The van der Waals surface area contributed by atoms with E-state index in [0.29, 0.717) is 17.9 Å². The van der Waals surface area contributed by atoms with Gasteiger partial charge in [-0.1, -0.05) is 12.1 Å². The first kappa shape index (κ1) is 14.5. The Bertz CT molecular complexity index is 530. The average molecular weight is 279 g/mol. The highest BCUT2D eigenvalue weighted by atomic mass is 19.1. The Balaban J connectivity index is 2.36. The predicted octanol–water partition coefficient (Wildman–Crippen LogP) is 2.54. The molecule has 108 valence electrons. The molecule has 5 heteroatoms. The second-order valence-electron chi connectivity index (χ2n) is 4.89. The molecule has 2 atom stereocenters. The van der Waals surface area contributed by atoms with Gasteiger partial charge >= 0.3 is 5.97 Å². The van der Waals surface area contributed by atoms with Crippen molar-refractivity contribution in [3.05, 3.63) is 35.7 Å². The van der Waals surface area contributed by atoms with Crippen LogP contribution in [0.4, 0.5) is 10.1 Å². The van der Waals surface area contributed by atoms with Crippen LogP contribution < -0.4 is 4.90 Å². The molecular weight excluding hydrogens is 261 g/mol. The zero-order chi connectivity index (χ0) is 14.7. The number of hydrogen-bond donors (Lipinski definition) is 1. The van der Waals surface area contributed by atoms with Crippen molar-refractivity contribution in [2.24, 2.45) is 0 Å². The van der Waals surface area contributed by atoms with Gasteiger partial charge < -0.3 is 14.7 Å². The van der Waals surface area contributed by atoms with Gasteiger partial charge in [-0.05, 0) is 25.5 Å². The van der Waals surface area contributed by atoms with Gasteiger partial charge in [0.05, 0.1) is 17.8 Å². The summed E-state index contributed by atoms with van der Waals surface area (Å²) in [6.07, 6.45) is 3.28. The Morgan fingerprint density at radius 3 is 2.90 bits per heavy atom. The molecule has 1 aliphatic rings. The minimum atomic E-state index is -1.06. The van der Waals surface area contributed by atoms with Crippen LogP contribution in [0.15, 0.2) is 24.3 Å². The molecule has 1 N–H and O–H groups in total. The number of para-hydroxylation sites is 1. The highest BCUT2D eigenvalue weighted by Gasteiger charge is 2.30. The Kier molecular flexibility index (Phi) is 4.39. The van der Waals surface area contributed by atoms with Crippen molar-refractivity contribution in [1.82, 2.24) is 0 Å². The molecule has 2 unspecified atom stereocenters. The minimum Gasteiger partial charge on any atom is -0.478 e. The maximum absolute atomic E-state index is 14.1. The number of halogens is 1. The highest BCUT2D eigenvalue weighted by Crippen LogP contribution is 2.30. The van der Waals surface area contributed by atoms with Gasteiger partial charge in [0.1, 0.15) is 5.82 Å². The van der Waals surface area contributed by atoms with Gasteiger partial charge in [-0.2, -0.15) is 0 Å². The van der Waals surface area contributed by atoms with E-state index in [1.807, 2.05) is 18.9 Å². The van der Waals surface area contributed by atoms with Gasteiger partial charge in [0.25, 0.3) is 0 Å². The van der Waals surface area contributed by atoms with E-state index in [0.717, 1.165) is 12.5 Å². The molecule has 4 nitrogen and oxygen atoms in total. The van der Waals surface area contributed by atoms with Crippen LogP contribution in [0.1, 0.15) is 18.9 Å². The first-order chi connectivity index (χ1) is 9.50. The third-order valence-electron chi connectivity index (χ3n) is 3.61. The summed E-state index contributed by atoms with van der Waals surface area (Å²) in [5.41, 5.74) is 0.960. The summed E-state index contributed by atoms with van der Waals surface area (Å²) in [6, 6.07) is 4.74. The van der Waals surface area contributed by atoms with Gasteiger partial charge in [0, 0.05) is 25.3 Å². The van der Waals surface area contributed by atoms with E-state index in [1.165, 1.54) is 12.1 Å². The average Bonchev–Trinajstić information content (AvgIpc) is 2.82. The van der Waals surface area contributed by atoms with E-state index in [2.05, 4.69) is 0 Å². The number of carbonyl (C=O) groups is 1. The quantitative estimate of drug-likeness (QED) is 0.860. The van der Waals surface area contributed by atoms with Crippen LogP contribution in [0.5, 0.6) is 0 Å². The van der Waals surface area contributed by atoms with Crippen molar-refractivity contribution in [3.8, 4) is 0 Å². The topological polar surface area (TPSA) is 49.8 Å². The molecule has 0 saturated carbocycles. The molecule has 1 aromatic rings. The normalized spacial score (nSPS) is 22.4. The number of aliphatic carboxylic acids is 1. The van der Waals surface area contributed by atoms with Crippen LogP contribution in [0.3, 0.4) is 0 Å². The lowest BCUT2D eigenvalue weighted by atomic mass is 10.1. The summed E-state index contributed by atoms with van der Waals surface area (Å²) in [5, 5.41) is 8.71. The Morgan fingerprint density at radius 2 is 2.30 bits per heavy atom. The zero-order valence-electron chi connectivity index (χ0n) is 11.5. The standard InChI is InChI=1S/C15H18FNO3/c1-10-13(8-9-20-10)17(2)15-11(6-7-14(18)19)4-3-5-12(15)16/h3-7,10,13H,8-9H2,1-2H3,(H,18,19)/b7-6+. The molecule has 1 aromatic carbocycles. The van der Waals surface area contributed by atoms with E-state index in [4.69, 9.17) is 9.84 Å². The van der Waals surface area contributed by atoms with Crippen molar-refractivity contribution >= 4 is 17.7 Å². The largest absolute Gasteiger partial charge is 0.478 e. The molecule has 0 aromatic heterocycles. The molecule has 1 heterocycles. The molecule has 0 amide bonds. The van der Waals surface area contributed by atoms with Gasteiger partial charge in [-0.25, -0.2) is 9.18 Å². The SMILES string of the molecule is CC1OCCC1N(C)c1c(F)cccc1/C=C/C(=O)O. The molecule has 1 fully saturated rings. The first-order valence-corrected chi connectivity index (χ1v) is 6.54. The monoisotopic (exact) mass is 279 g/mol. The minimum absolute atomic E-state index is 0.0240. The lowest BCUT2D eigenvalue weighted by Gasteiger charge is -2.30. The van der Waals surface area contributed by atoms with E-state index < -0.39 is 5.97 Å². The maximum atomic E-state index is 14.1. The van der Waals surface area contributed by atoms with E-state index >= 15 is 0 Å². The molecule has 20 heavy (non-hydrogen) atoms. The number of ether oxygens (including phenoxy) is 1. The maximum Gasteiger partial charge on any atom is 0.328 e. The van der Waals surface area contributed by atoms with E-state index in [1.54, 1.807) is 12.1 Å². The lowest BCUT2D eigenvalue weighted by molar-refractivity contribution is -0.131. The first-order valence-electron chi connectivity index (χ1n) is 6.54. The van der Waals surface area contributed by atoms with Crippen LogP contribution in [-0.2, 0) is 9.53 Å². The number of benzene rings is 1. The van der Waals surface area contributed by atoms with Crippen molar-refractivity contribution in [2.45, 2.75) is 25.5 Å². The Morgan fingerprint density at radius 1 is 1.55 bits per heavy atom. The van der Waals surface area contributed by atoms with Crippen LogP contribution in [-0.4, -0.2) is 36.9 Å². The number of likely N-dealkylation sites (N-methyl/N-ethyl adjacent to an activating group) is 1. The molecule has 1 aliphatic heterocycles. The third kappa shape index (κ3) is 2.99. The third-order valence-corrected chi connectivity index (χ3v) is 3.61. The predicted molar refractivity (Wildman–Crippen MR) is 75.3 cm³/mol. The summed E-state index contributed by atoms with van der Waals surface area (Å²) in [4.78, 5) is 12.5. The molecule has 0 radical (unpaired) electrons. The number of carboxylic acid groups (broad SMARTS) is 1. The Labute approximate surface area is 117 Å².